The Bertz CT molecular complexity index is 242. The summed E-state index contributed by atoms with van der Waals surface area (Å²) < 4.78 is 1.84. The van der Waals surface area contributed by atoms with Crippen LogP contribution in [0.25, 0.3) is 0 Å². The van der Waals surface area contributed by atoms with Crippen molar-refractivity contribution in [2.45, 2.75) is 26.2 Å². The minimum absolute atomic E-state index is 0.620. The van der Waals surface area contributed by atoms with Crippen LogP contribution in [-0.4, -0.2) is 16.3 Å². The molecule has 1 unspecified atom stereocenters. The predicted octanol–water partition coefficient (Wildman–Crippen LogP) is 1.34. The van der Waals surface area contributed by atoms with Crippen molar-refractivity contribution in [3.05, 3.63) is 18.0 Å². The van der Waals surface area contributed by atoms with E-state index in [0.29, 0.717) is 5.92 Å². The fraction of sp³-hybridized carbons (Fsp3) is 0.700. The van der Waals surface area contributed by atoms with Gasteiger partial charge >= 0.3 is 0 Å². The fourth-order valence-corrected chi connectivity index (χ4v) is 1.62. The van der Waals surface area contributed by atoms with E-state index in [9.17, 15) is 0 Å². The van der Waals surface area contributed by atoms with Crippen molar-refractivity contribution in [2.75, 3.05) is 6.54 Å². The van der Waals surface area contributed by atoms with E-state index in [2.05, 4.69) is 18.2 Å². The van der Waals surface area contributed by atoms with Crippen molar-refractivity contribution in [1.82, 2.24) is 9.78 Å². The van der Waals surface area contributed by atoms with Crippen LogP contribution in [0.5, 0.6) is 0 Å². The van der Waals surface area contributed by atoms with Gasteiger partial charge in [-0.2, -0.15) is 5.10 Å². The normalized spacial score (nSPS) is 13.2. The van der Waals surface area contributed by atoms with Gasteiger partial charge in [-0.25, -0.2) is 0 Å². The van der Waals surface area contributed by atoms with Crippen LogP contribution in [0.2, 0.25) is 0 Å². The maximum Gasteiger partial charge on any atom is 0.0521 e. The van der Waals surface area contributed by atoms with Crippen molar-refractivity contribution < 1.29 is 0 Å². The van der Waals surface area contributed by atoms with E-state index in [-0.39, 0.29) is 0 Å². The summed E-state index contributed by atoms with van der Waals surface area (Å²) in [5, 5.41) is 4.14. The van der Waals surface area contributed by atoms with E-state index in [1.807, 2.05) is 17.9 Å². The predicted molar refractivity (Wildman–Crippen MR) is 54.4 cm³/mol. The molecule has 3 heteroatoms. The third kappa shape index (κ3) is 3.19. The molecular formula is C10H19N3. The highest BCUT2D eigenvalue weighted by Crippen LogP contribution is 2.11. The summed E-state index contributed by atoms with van der Waals surface area (Å²) in [6.45, 7) is 2.98. The quantitative estimate of drug-likeness (QED) is 0.745. The van der Waals surface area contributed by atoms with Gasteiger partial charge in [-0.05, 0) is 30.9 Å². The number of rotatable bonds is 5. The molecule has 0 spiro atoms. The third-order valence-electron chi connectivity index (χ3n) is 2.31. The van der Waals surface area contributed by atoms with Gasteiger partial charge < -0.3 is 5.73 Å². The minimum atomic E-state index is 0.620. The lowest BCUT2D eigenvalue weighted by Crippen LogP contribution is -2.16. The number of aryl methyl sites for hydroxylation is 1. The van der Waals surface area contributed by atoms with Crippen LogP contribution in [0, 0.1) is 5.92 Å². The molecule has 1 atom stereocenters. The van der Waals surface area contributed by atoms with Crippen LogP contribution in [0.1, 0.15) is 25.3 Å². The SMILES string of the molecule is CCCC(CN)Cc1cnn(C)c1. The van der Waals surface area contributed by atoms with Gasteiger partial charge in [0.05, 0.1) is 6.20 Å². The summed E-state index contributed by atoms with van der Waals surface area (Å²) in [4.78, 5) is 0. The Hall–Kier alpha value is -0.830. The maximum absolute atomic E-state index is 5.69. The topological polar surface area (TPSA) is 43.8 Å². The molecule has 0 aliphatic carbocycles. The van der Waals surface area contributed by atoms with Gasteiger partial charge in [0.2, 0.25) is 0 Å². The molecule has 0 fully saturated rings. The molecule has 0 amide bonds. The summed E-state index contributed by atoms with van der Waals surface area (Å²) in [6, 6.07) is 0. The number of hydrogen-bond acceptors (Lipinski definition) is 2. The molecule has 13 heavy (non-hydrogen) atoms. The van der Waals surface area contributed by atoms with Crippen LogP contribution in [0.15, 0.2) is 12.4 Å². The summed E-state index contributed by atoms with van der Waals surface area (Å²) in [7, 11) is 1.95. The first kappa shape index (κ1) is 10.3. The van der Waals surface area contributed by atoms with Crippen molar-refractivity contribution in [1.29, 1.82) is 0 Å². The lowest BCUT2D eigenvalue weighted by atomic mass is 9.97. The lowest BCUT2D eigenvalue weighted by molar-refractivity contribution is 0.487. The zero-order valence-corrected chi connectivity index (χ0v) is 8.53. The molecule has 2 N–H and O–H groups in total. The Balaban J connectivity index is 2.46. The third-order valence-corrected chi connectivity index (χ3v) is 2.31. The Morgan fingerprint density at radius 1 is 1.62 bits per heavy atom. The van der Waals surface area contributed by atoms with Gasteiger partial charge in [0.1, 0.15) is 0 Å². The van der Waals surface area contributed by atoms with Gasteiger partial charge in [-0.3, -0.25) is 4.68 Å². The summed E-state index contributed by atoms with van der Waals surface area (Å²) in [5.41, 5.74) is 6.98. The second kappa shape index (κ2) is 5.02. The summed E-state index contributed by atoms with van der Waals surface area (Å²) in [6.07, 6.45) is 7.49. The Labute approximate surface area is 79.9 Å². The van der Waals surface area contributed by atoms with E-state index < -0.39 is 0 Å². The smallest absolute Gasteiger partial charge is 0.0521 e. The highest BCUT2D eigenvalue weighted by Gasteiger charge is 2.07. The first-order chi connectivity index (χ1) is 6.26. The zero-order valence-electron chi connectivity index (χ0n) is 8.53. The van der Waals surface area contributed by atoms with Crippen molar-refractivity contribution in [3.8, 4) is 0 Å². The molecule has 1 heterocycles. The van der Waals surface area contributed by atoms with Gasteiger partial charge in [-0.15, -0.1) is 0 Å². The largest absolute Gasteiger partial charge is 0.330 e. The molecule has 0 aliphatic heterocycles. The van der Waals surface area contributed by atoms with Gasteiger partial charge in [0.25, 0.3) is 0 Å². The summed E-state index contributed by atoms with van der Waals surface area (Å²) >= 11 is 0. The molecular weight excluding hydrogens is 162 g/mol. The highest BCUT2D eigenvalue weighted by atomic mass is 15.2. The first-order valence-electron chi connectivity index (χ1n) is 4.93. The molecule has 0 aliphatic rings. The van der Waals surface area contributed by atoms with E-state index in [1.165, 1.54) is 18.4 Å². The molecule has 0 aromatic carbocycles. The van der Waals surface area contributed by atoms with E-state index in [0.717, 1.165) is 13.0 Å². The van der Waals surface area contributed by atoms with Crippen molar-refractivity contribution in [3.63, 3.8) is 0 Å². The van der Waals surface area contributed by atoms with Crippen LogP contribution in [0.3, 0.4) is 0 Å². The van der Waals surface area contributed by atoms with E-state index >= 15 is 0 Å². The lowest BCUT2D eigenvalue weighted by Gasteiger charge is -2.11. The van der Waals surface area contributed by atoms with Crippen LogP contribution < -0.4 is 5.73 Å². The Morgan fingerprint density at radius 2 is 2.38 bits per heavy atom. The molecule has 1 aromatic heterocycles. The fourth-order valence-electron chi connectivity index (χ4n) is 1.62. The standard InChI is InChI=1S/C10H19N3/c1-3-4-9(6-11)5-10-7-12-13(2)8-10/h7-9H,3-6,11H2,1-2H3. The second-order valence-electron chi connectivity index (χ2n) is 3.62. The number of nitrogens with two attached hydrogens (primary N) is 1. The maximum atomic E-state index is 5.69. The van der Waals surface area contributed by atoms with Crippen LogP contribution in [-0.2, 0) is 13.5 Å². The summed E-state index contributed by atoms with van der Waals surface area (Å²) in [5.74, 6) is 0.620. The van der Waals surface area contributed by atoms with E-state index in [1.54, 1.807) is 0 Å². The highest BCUT2D eigenvalue weighted by molar-refractivity contribution is 5.04. The molecule has 0 bridgehead atoms. The molecule has 1 rings (SSSR count). The number of aromatic nitrogens is 2. The van der Waals surface area contributed by atoms with Gasteiger partial charge in [-0.1, -0.05) is 13.3 Å². The van der Waals surface area contributed by atoms with E-state index in [4.69, 9.17) is 5.73 Å². The molecule has 74 valence electrons. The van der Waals surface area contributed by atoms with Crippen LogP contribution >= 0.6 is 0 Å². The first-order valence-corrected chi connectivity index (χ1v) is 4.93. The average Bonchev–Trinajstić information content (AvgIpc) is 2.50. The van der Waals surface area contributed by atoms with Crippen molar-refractivity contribution in [2.24, 2.45) is 18.7 Å². The molecule has 0 radical (unpaired) electrons. The second-order valence-corrected chi connectivity index (χ2v) is 3.62. The minimum Gasteiger partial charge on any atom is -0.330 e. The van der Waals surface area contributed by atoms with Crippen LogP contribution in [0.4, 0.5) is 0 Å². The molecule has 0 saturated heterocycles. The molecule has 1 aromatic rings. The average molecular weight is 181 g/mol. The van der Waals surface area contributed by atoms with Crippen molar-refractivity contribution >= 4 is 0 Å². The number of hydrogen-bond donors (Lipinski definition) is 1. The Morgan fingerprint density at radius 3 is 2.85 bits per heavy atom. The zero-order chi connectivity index (χ0) is 9.68. The monoisotopic (exact) mass is 181 g/mol. The van der Waals surface area contributed by atoms with Gasteiger partial charge in [0.15, 0.2) is 0 Å². The molecule has 0 saturated carbocycles. The Kier molecular flexibility index (Phi) is 3.96. The molecule has 3 nitrogen and oxygen atoms in total. The number of nitrogens with zero attached hydrogens (tertiary/aromatic N) is 2. The van der Waals surface area contributed by atoms with Gasteiger partial charge in [0, 0.05) is 13.2 Å².